The van der Waals surface area contributed by atoms with Crippen LogP contribution >= 0.6 is 15.9 Å². The van der Waals surface area contributed by atoms with E-state index in [-0.39, 0.29) is 5.91 Å². The molecular formula is C19H15BrN4O. The molecule has 0 aliphatic rings. The van der Waals surface area contributed by atoms with Crippen LogP contribution in [0.1, 0.15) is 10.4 Å². The van der Waals surface area contributed by atoms with Crippen LogP contribution < -0.4 is 5.32 Å². The molecule has 0 aliphatic carbocycles. The predicted molar refractivity (Wildman–Crippen MR) is 103 cm³/mol. The van der Waals surface area contributed by atoms with Crippen LogP contribution in [0.15, 0.2) is 65.3 Å². The zero-order valence-corrected chi connectivity index (χ0v) is 15.0. The first kappa shape index (κ1) is 15.7. The number of carbonyl (C=O) groups excluding carboxylic acids is 1. The summed E-state index contributed by atoms with van der Waals surface area (Å²) in [5.41, 5.74) is 4.14. The van der Waals surface area contributed by atoms with Crippen LogP contribution in [0.3, 0.4) is 0 Å². The minimum atomic E-state index is -0.197. The molecule has 6 heteroatoms. The predicted octanol–water partition coefficient (Wildman–Crippen LogP) is 4.58. The van der Waals surface area contributed by atoms with E-state index in [2.05, 4.69) is 31.2 Å². The molecule has 0 bridgehead atoms. The van der Waals surface area contributed by atoms with Gasteiger partial charge in [0.15, 0.2) is 0 Å². The maximum absolute atomic E-state index is 12.8. The molecule has 2 heterocycles. The third kappa shape index (κ3) is 2.96. The summed E-state index contributed by atoms with van der Waals surface area (Å²) in [7, 11) is 1.93. The number of anilines is 1. The first-order valence-corrected chi connectivity index (χ1v) is 8.58. The molecule has 25 heavy (non-hydrogen) atoms. The van der Waals surface area contributed by atoms with Crippen molar-refractivity contribution in [2.45, 2.75) is 0 Å². The molecule has 0 spiro atoms. The number of amides is 1. The van der Waals surface area contributed by atoms with E-state index >= 15 is 0 Å². The molecule has 2 aromatic heterocycles. The lowest BCUT2D eigenvalue weighted by Gasteiger charge is -2.07. The van der Waals surface area contributed by atoms with Crippen LogP contribution in [0.25, 0.3) is 22.3 Å². The molecule has 1 amide bonds. The van der Waals surface area contributed by atoms with Crippen LogP contribution in [-0.4, -0.2) is 20.4 Å². The van der Waals surface area contributed by atoms with Crippen molar-refractivity contribution in [2.75, 3.05) is 5.32 Å². The molecule has 0 saturated carbocycles. The van der Waals surface area contributed by atoms with Gasteiger partial charge in [-0.25, -0.2) is 4.98 Å². The number of aromatic amines is 1. The SMILES string of the molecule is Cn1ccc(C(=O)Nc2nc3ccc(Br)cc3[nH]2)c1-c1ccccc1. The van der Waals surface area contributed by atoms with Crippen molar-refractivity contribution < 1.29 is 4.79 Å². The Balaban J connectivity index is 1.67. The highest BCUT2D eigenvalue weighted by atomic mass is 79.9. The molecule has 2 N–H and O–H groups in total. The van der Waals surface area contributed by atoms with E-state index in [9.17, 15) is 4.79 Å². The third-order valence-corrected chi connectivity index (χ3v) is 4.53. The maximum atomic E-state index is 12.8. The lowest BCUT2D eigenvalue weighted by Crippen LogP contribution is -2.13. The highest BCUT2D eigenvalue weighted by Crippen LogP contribution is 2.25. The number of carbonyl (C=O) groups is 1. The number of aryl methyl sites for hydroxylation is 1. The lowest BCUT2D eigenvalue weighted by atomic mass is 10.1. The number of hydrogen-bond acceptors (Lipinski definition) is 2. The van der Waals surface area contributed by atoms with Crippen molar-refractivity contribution in [3.63, 3.8) is 0 Å². The second-order valence-electron chi connectivity index (χ2n) is 5.76. The molecule has 0 aliphatic heterocycles. The van der Waals surface area contributed by atoms with Gasteiger partial charge < -0.3 is 9.55 Å². The number of imidazole rings is 1. The normalized spacial score (nSPS) is 11.0. The monoisotopic (exact) mass is 394 g/mol. The van der Waals surface area contributed by atoms with Crippen molar-refractivity contribution in [3.8, 4) is 11.3 Å². The molecule has 0 saturated heterocycles. The fourth-order valence-corrected chi connectivity index (χ4v) is 3.25. The van der Waals surface area contributed by atoms with E-state index in [0.717, 1.165) is 26.8 Å². The van der Waals surface area contributed by atoms with Crippen molar-refractivity contribution in [1.29, 1.82) is 0 Å². The van der Waals surface area contributed by atoms with Gasteiger partial charge in [-0.3, -0.25) is 10.1 Å². The van der Waals surface area contributed by atoms with Gasteiger partial charge in [0.25, 0.3) is 5.91 Å². The van der Waals surface area contributed by atoms with Gasteiger partial charge in [-0.2, -0.15) is 0 Å². The summed E-state index contributed by atoms with van der Waals surface area (Å²) in [6.07, 6.45) is 1.88. The summed E-state index contributed by atoms with van der Waals surface area (Å²) in [5.74, 6) is 0.235. The first-order chi connectivity index (χ1) is 12.1. The fraction of sp³-hybridized carbons (Fsp3) is 0.0526. The van der Waals surface area contributed by atoms with E-state index in [1.165, 1.54) is 0 Å². The molecule has 4 rings (SSSR count). The Hall–Kier alpha value is -2.86. The molecule has 0 unspecified atom stereocenters. The Kier molecular flexibility index (Phi) is 3.89. The van der Waals surface area contributed by atoms with Crippen LogP contribution in [-0.2, 0) is 7.05 Å². The molecule has 2 aromatic carbocycles. The van der Waals surface area contributed by atoms with Crippen molar-refractivity contribution in [2.24, 2.45) is 7.05 Å². The van der Waals surface area contributed by atoms with Gasteiger partial charge in [0.2, 0.25) is 5.95 Å². The van der Waals surface area contributed by atoms with E-state index in [0.29, 0.717) is 11.5 Å². The van der Waals surface area contributed by atoms with Crippen molar-refractivity contribution in [3.05, 3.63) is 70.8 Å². The zero-order chi connectivity index (χ0) is 17.4. The smallest absolute Gasteiger partial charge is 0.260 e. The topological polar surface area (TPSA) is 62.7 Å². The third-order valence-electron chi connectivity index (χ3n) is 4.04. The molecule has 0 fully saturated rings. The standard InChI is InChI=1S/C19H15BrN4O/c1-24-10-9-14(17(24)12-5-3-2-4-6-12)18(25)23-19-21-15-8-7-13(20)11-16(15)22-19/h2-11H,1H3,(H2,21,22,23,25). The van der Waals surface area contributed by atoms with Gasteiger partial charge in [-0.05, 0) is 29.8 Å². The van der Waals surface area contributed by atoms with Crippen LogP contribution in [0.5, 0.6) is 0 Å². The van der Waals surface area contributed by atoms with Gasteiger partial charge >= 0.3 is 0 Å². The summed E-state index contributed by atoms with van der Waals surface area (Å²) >= 11 is 3.43. The number of nitrogens with one attached hydrogen (secondary N) is 2. The maximum Gasteiger partial charge on any atom is 0.260 e. The second-order valence-corrected chi connectivity index (χ2v) is 6.67. The highest BCUT2D eigenvalue weighted by molar-refractivity contribution is 9.10. The number of hydrogen-bond donors (Lipinski definition) is 2. The summed E-state index contributed by atoms with van der Waals surface area (Å²) < 4.78 is 2.90. The van der Waals surface area contributed by atoms with Crippen molar-refractivity contribution >= 4 is 38.8 Å². The number of halogens is 1. The average molecular weight is 395 g/mol. The van der Waals surface area contributed by atoms with E-state index in [1.54, 1.807) is 0 Å². The number of H-pyrrole nitrogens is 1. The quantitative estimate of drug-likeness (QED) is 0.533. The molecule has 5 nitrogen and oxygen atoms in total. The summed E-state index contributed by atoms with van der Waals surface area (Å²) in [6.45, 7) is 0. The fourth-order valence-electron chi connectivity index (χ4n) is 2.88. The lowest BCUT2D eigenvalue weighted by molar-refractivity contribution is 0.102. The Labute approximate surface area is 152 Å². The van der Waals surface area contributed by atoms with Crippen molar-refractivity contribution in [1.82, 2.24) is 14.5 Å². The molecular weight excluding hydrogens is 380 g/mol. The average Bonchev–Trinajstić information content (AvgIpc) is 3.18. The van der Waals surface area contributed by atoms with E-state index in [4.69, 9.17) is 0 Å². The molecule has 4 aromatic rings. The minimum Gasteiger partial charge on any atom is -0.350 e. The van der Waals surface area contributed by atoms with Crippen LogP contribution in [0.2, 0.25) is 0 Å². The van der Waals surface area contributed by atoms with Gasteiger partial charge in [0.1, 0.15) is 0 Å². The van der Waals surface area contributed by atoms with Gasteiger partial charge in [-0.15, -0.1) is 0 Å². The number of benzene rings is 2. The Morgan fingerprint density at radius 3 is 2.76 bits per heavy atom. The Morgan fingerprint density at radius 1 is 1.16 bits per heavy atom. The summed E-state index contributed by atoms with van der Waals surface area (Å²) in [4.78, 5) is 20.3. The van der Waals surface area contributed by atoms with Gasteiger partial charge in [0, 0.05) is 17.7 Å². The van der Waals surface area contributed by atoms with E-state index < -0.39 is 0 Å². The van der Waals surface area contributed by atoms with Crippen LogP contribution in [0.4, 0.5) is 5.95 Å². The van der Waals surface area contributed by atoms with Crippen LogP contribution in [0, 0.1) is 0 Å². The highest BCUT2D eigenvalue weighted by Gasteiger charge is 2.17. The summed E-state index contributed by atoms with van der Waals surface area (Å²) in [5, 5.41) is 2.86. The van der Waals surface area contributed by atoms with E-state index in [1.807, 2.05) is 72.4 Å². The summed E-state index contributed by atoms with van der Waals surface area (Å²) in [6, 6.07) is 17.4. The zero-order valence-electron chi connectivity index (χ0n) is 13.5. The Bertz CT molecular complexity index is 1070. The molecule has 0 atom stereocenters. The number of nitrogens with zero attached hydrogens (tertiary/aromatic N) is 2. The number of aromatic nitrogens is 3. The number of rotatable bonds is 3. The largest absolute Gasteiger partial charge is 0.350 e. The molecule has 124 valence electrons. The minimum absolute atomic E-state index is 0.197. The number of fused-ring (bicyclic) bond motifs is 1. The Morgan fingerprint density at radius 2 is 1.96 bits per heavy atom. The molecule has 0 radical (unpaired) electrons. The second kappa shape index (κ2) is 6.22. The van der Waals surface area contributed by atoms with Gasteiger partial charge in [0.05, 0.1) is 22.3 Å². The van der Waals surface area contributed by atoms with Gasteiger partial charge in [-0.1, -0.05) is 46.3 Å². The first-order valence-electron chi connectivity index (χ1n) is 7.79.